The molecule has 2 unspecified atom stereocenters. The van der Waals surface area contributed by atoms with Crippen LogP contribution >= 0.6 is 7.82 Å². The molecule has 0 saturated carbocycles. The van der Waals surface area contributed by atoms with Crippen LogP contribution in [0.4, 0.5) is 13.2 Å². The minimum absolute atomic E-state index is 0. The number of phosphoric acid groups is 1. The van der Waals surface area contributed by atoms with Crippen molar-refractivity contribution >= 4 is 13.7 Å². The van der Waals surface area contributed by atoms with Gasteiger partial charge in [-0.05, 0) is 24.1 Å². The second kappa shape index (κ2) is 12.1. The van der Waals surface area contributed by atoms with Gasteiger partial charge in [0, 0.05) is 17.8 Å². The van der Waals surface area contributed by atoms with E-state index in [0.29, 0.717) is 16.8 Å². The third-order valence-corrected chi connectivity index (χ3v) is 4.62. The Morgan fingerprint density at radius 1 is 1.26 bits per heavy atom. The third-order valence-electron chi connectivity index (χ3n) is 4.13. The molecule has 0 aliphatic carbocycles. The largest absolute Gasteiger partial charge is 1.00 e. The molecule has 0 bridgehead atoms. The van der Waals surface area contributed by atoms with Crippen molar-refractivity contribution in [1.29, 1.82) is 0 Å². The molecule has 8 nitrogen and oxygen atoms in total. The van der Waals surface area contributed by atoms with Gasteiger partial charge >= 0.3 is 36.0 Å². The van der Waals surface area contributed by atoms with Crippen molar-refractivity contribution in [2.45, 2.75) is 31.5 Å². The smallest absolute Gasteiger partial charge is 0.756 e. The number of benzene rings is 1. The second-order valence-corrected chi connectivity index (χ2v) is 7.60. The molecular formula is C18H20F3N3NaO5P. The molecule has 1 aromatic carbocycles. The van der Waals surface area contributed by atoms with Gasteiger partial charge in [-0.2, -0.15) is 8.78 Å². The number of nitrogens with zero attached hydrogens (tertiary/aromatic N) is 1. The molecule has 4 N–H and O–H groups in total. The topological polar surface area (TPSA) is 138 Å². The summed E-state index contributed by atoms with van der Waals surface area (Å²) in [5.41, 5.74) is 7.81. The maximum Gasteiger partial charge on any atom is 1.00 e. The van der Waals surface area contributed by atoms with Crippen LogP contribution in [0, 0.1) is 0 Å². The molecule has 0 spiro atoms. The predicted molar refractivity (Wildman–Crippen MR) is 99.8 cm³/mol. The summed E-state index contributed by atoms with van der Waals surface area (Å²) in [6.45, 7) is 0.356. The van der Waals surface area contributed by atoms with E-state index in [1.807, 2.05) is 0 Å². The van der Waals surface area contributed by atoms with E-state index < -0.39 is 39.0 Å². The number of hydrogen-bond donors (Lipinski definition) is 3. The fraction of sp³-hybridized carbons (Fsp3) is 0.333. The zero-order valence-electron chi connectivity index (χ0n) is 16.7. The van der Waals surface area contributed by atoms with Crippen molar-refractivity contribution in [3.8, 4) is 11.1 Å². The Labute approximate surface area is 198 Å². The number of nitrogens with one attached hydrogen (secondary N) is 1. The number of halogens is 3. The van der Waals surface area contributed by atoms with Gasteiger partial charge in [0.25, 0.3) is 13.7 Å². The van der Waals surface area contributed by atoms with Crippen LogP contribution in [0.15, 0.2) is 42.6 Å². The Morgan fingerprint density at radius 3 is 2.26 bits per heavy atom. The second-order valence-electron chi connectivity index (χ2n) is 6.45. The van der Waals surface area contributed by atoms with Crippen molar-refractivity contribution in [3.63, 3.8) is 0 Å². The average Bonchev–Trinajstić information content (AvgIpc) is 2.69. The van der Waals surface area contributed by atoms with Crippen molar-refractivity contribution in [2.75, 3.05) is 6.67 Å². The summed E-state index contributed by atoms with van der Waals surface area (Å²) in [5, 5.41) is 1.67. The molecule has 0 radical (unpaired) electrons. The zero-order chi connectivity index (χ0) is 22.5. The number of nitrogens with two attached hydrogens (primary N) is 1. The number of amides is 1. The van der Waals surface area contributed by atoms with Gasteiger partial charge < -0.3 is 25.4 Å². The van der Waals surface area contributed by atoms with Crippen LogP contribution in [0.5, 0.6) is 0 Å². The van der Waals surface area contributed by atoms with E-state index >= 15 is 0 Å². The molecule has 31 heavy (non-hydrogen) atoms. The van der Waals surface area contributed by atoms with Crippen LogP contribution in [-0.2, 0) is 13.9 Å². The standard InChI is InChI=1S/C18H21F3N3O5P.Na/c1-10(22)14-7-6-13(9-23-14)11-2-4-12(5-3-11)16(29-30(26,27)28)15(8-19)24-18(25)17(20)21;/h2-7,9-10,15-17H,8,22H2,1H3,(H,24,25)(H2,26,27,28);/q;+1/p-1/t10?,15-,16-;/m1./s1. The Kier molecular flexibility index (Phi) is 10.8. The molecule has 1 amide bonds. The number of hydrogen-bond acceptors (Lipinski definition) is 6. The van der Waals surface area contributed by atoms with Crippen molar-refractivity contribution in [2.24, 2.45) is 5.73 Å². The summed E-state index contributed by atoms with van der Waals surface area (Å²) < 4.78 is 54.1. The van der Waals surface area contributed by atoms with E-state index in [0.717, 1.165) is 0 Å². The number of carbonyl (C=O) groups excluding carboxylic acids is 1. The number of phosphoric ester groups is 1. The van der Waals surface area contributed by atoms with Gasteiger partial charge in [0.1, 0.15) is 12.8 Å². The van der Waals surface area contributed by atoms with E-state index in [4.69, 9.17) is 10.6 Å². The SMILES string of the molecule is CC(N)c1ccc(-c2ccc([C@@H](OP(=O)([O-])O)[C@@H](CF)NC(=O)C(F)F)cc2)cn1.[Na+]. The van der Waals surface area contributed by atoms with Crippen LogP contribution in [0.2, 0.25) is 0 Å². The van der Waals surface area contributed by atoms with Gasteiger partial charge in [0.05, 0.1) is 11.7 Å². The third kappa shape index (κ3) is 8.28. The van der Waals surface area contributed by atoms with Gasteiger partial charge in [0.15, 0.2) is 0 Å². The molecule has 4 atom stereocenters. The van der Waals surface area contributed by atoms with Crippen LogP contribution in [0.1, 0.15) is 30.3 Å². The van der Waals surface area contributed by atoms with Crippen LogP contribution < -0.4 is 45.5 Å². The minimum Gasteiger partial charge on any atom is -0.756 e. The molecule has 0 saturated heterocycles. The van der Waals surface area contributed by atoms with E-state index in [1.54, 1.807) is 30.6 Å². The Hall–Kier alpha value is -1.30. The van der Waals surface area contributed by atoms with Crippen LogP contribution in [0.3, 0.4) is 0 Å². The van der Waals surface area contributed by atoms with E-state index in [2.05, 4.69) is 9.51 Å². The first-order chi connectivity index (χ1) is 14.0. The van der Waals surface area contributed by atoms with Gasteiger partial charge in [0.2, 0.25) is 0 Å². The monoisotopic (exact) mass is 469 g/mol. The molecule has 0 aliphatic rings. The molecule has 1 heterocycles. The maximum atomic E-state index is 13.4. The van der Waals surface area contributed by atoms with Crippen LogP contribution in [0.25, 0.3) is 11.1 Å². The van der Waals surface area contributed by atoms with Gasteiger partial charge in [-0.15, -0.1) is 0 Å². The average molecular weight is 469 g/mol. The minimum atomic E-state index is -5.38. The van der Waals surface area contributed by atoms with E-state index in [1.165, 1.54) is 24.3 Å². The normalized spacial score (nSPS) is 16.0. The molecule has 164 valence electrons. The van der Waals surface area contributed by atoms with Crippen molar-refractivity contribution in [3.05, 3.63) is 53.9 Å². The summed E-state index contributed by atoms with van der Waals surface area (Å²) in [7, 11) is -5.38. The Bertz CT molecular complexity index is 897. The van der Waals surface area contributed by atoms with Gasteiger partial charge in [-0.25, -0.2) is 4.39 Å². The number of pyridine rings is 1. The summed E-state index contributed by atoms with van der Waals surface area (Å²) >= 11 is 0. The Morgan fingerprint density at radius 2 is 1.84 bits per heavy atom. The molecule has 2 rings (SSSR count). The number of carbonyl (C=O) groups is 1. The number of aromatic nitrogens is 1. The number of rotatable bonds is 9. The van der Waals surface area contributed by atoms with Gasteiger partial charge in [-0.1, -0.05) is 30.3 Å². The Balaban J connectivity index is 0.00000480. The summed E-state index contributed by atoms with van der Waals surface area (Å²) in [6, 6.07) is 7.25. The van der Waals surface area contributed by atoms with E-state index in [-0.39, 0.29) is 41.2 Å². The molecule has 2 aromatic rings. The molecule has 0 aliphatic heterocycles. The first kappa shape index (κ1) is 27.7. The maximum absolute atomic E-state index is 13.4. The van der Waals surface area contributed by atoms with Crippen LogP contribution in [-0.4, -0.2) is 34.9 Å². The fourth-order valence-corrected chi connectivity index (χ4v) is 3.22. The molecular weight excluding hydrogens is 449 g/mol. The summed E-state index contributed by atoms with van der Waals surface area (Å²) in [5.74, 6) is -1.80. The number of alkyl halides is 3. The first-order valence-electron chi connectivity index (χ1n) is 8.70. The quantitative estimate of drug-likeness (QED) is 0.317. The molecule has 1 aromatic heterocycles. The zero-order valence-corrected chi connectivity index (χ0v) is 19.6. The van der Waals surface area contributed by atoms with Crippen molar-refractivity contribution in [1.82, 2.24) is 10.3 Å². The molecule has 13 heteroatoms. The fourth-order valence-electron chi connectivity index (χ4n) is 2.66. The predicted octanol–water partition coefficient (Wildman–Crippen LogP) is -0.990. The van der Waals surface area contributed by atoms with Gasteiger partial charge in [-0.3, -0.25) is 14.3 Å². The summed E-state index contributed by atoms with van der Waals surface area (Å²) in [6.07, 6.45) is -3.63. The van der Waals surface area contributed by atoms with E-state index in [9.17, 15) is 27.4 Å². The molecule has 0 fully saturated rings. The van der Waals surface area contributed by atoms with Crippen molar-refractivity contribution < 1.29 is 66.4 Å². The first-order valence-corrected chi connectivity index (χ1v) is 10.2. The summed E-state index contributed by atoms with van der Waals surface area (Å²) in [4.78, 5) is 35.6.